The van der Waals surface area contributed by atoms with Gasteiger partial charge in [0, 0.05) is 5.56 Å². The highest BCUT2D eigenvalue weighted by Crippen LogP contribution is 2.28. The van der Waals surface area contributed by atoms with Crippen LogP contribution in [0.1, 0.15) is 21.7 Å². The summed E-state index contributed by atoms with van der Waals surface area (Å²) in [5.41, 5.74) is 5.50. The van der Waals surface area contributed by atoms with Crippen molar-refractivity contribution in [2.24, 2.45) is 5.10 Å². The Bertz CT molecular complexity index is 1130. The third-order valence-corrected chi connectivity index (χ3v) is 5.04. The maximum atomic E-state index is 11.3. The number of hydrogen-bond acceptors (Lipinski definition) is 6. The summed E-state index contributed by atoms with van der Waals surface area (Å²) in [6.45, 7) is 1.77. The molecule has 2 heterocycles. The van der Waals surface area contributed by atoms with Crippen LogP contribution in [0.4, 0.5) is 5.13 Å². The lowest BCUT2D eigenvalue weighted by atomic mass is 10.0. The maximum absolute atomic E-state index is 11.3. The molecule has 0 radical (unpaired) electrons. The molecule has 0 amide bonds. The molecule has 0 unspecified atom stereocenters. The molecule has 0 atom stereocenters. The number of rotatable bonds is 5. The average molecular weight is 377 g/mol. The zero-order chi connectivity index (χ0) is 18.8. The van der Waals surface area contributed by atoms with Crippen molar-refractivity contribution in [2.75, 3.05) is 5.43 Å². The molecule has 2 aromatic heterocycles. The van der Waals surface area contributed by atoms with Gasteiger partial charge in [0.1, 0.15) is 11.5 Å². The molecule has 6 nitrogen and oxygen atoms in total. The number of fused-ring (bicyclic) bond motifs is 1. The van der Waals surface area contributed by atoms with Gasteiger partial charge in [-0.3, -0.25) is 5.43 Å². The van der Waals surface area contributed by atoms with Gasteiger partial charge in [-0.25, -0.2) is 9.78 Å². The SMILES string of the molecule is Cc1c(C(=O)O)cccc1-c1ccc(/C=N/Nc2nc3ccccc3s2)o1. The fourth-order valence-electron chi connectivity index (χ4n) is 2.77. The van der Waals surface area contributed by atoms with E-state index < -0.39 is 5.97 Å². The van der Waals surface area contributed by atoms with E-state index in [1.165, 1.54) is 11.3 Å². The number of carbonyl (C=O) groups is 1. The summed E-state index contributed by atoms with van der Waals surface area (Å²) in [5.74, 6) is 0.193. The van der Waals surface area contributed by atoms with Gasteiger partial charge in [0.05, 0.1) is 22.0 Å². The van der Waals surface area contributed by atoms with Gasteiger partial charge < -0.3 is 9.52 Å². The second-order valence-corrected chi connectivity index (χ2v) is 6.87. The summed E-state index contributed by atoms with van der Waals surface area (Å²) in [7, 11) is 0. The van der Waals surface area contributed by atoms with Crippen LogP contribution < -0.4 is 5.43 Å². The fraction of sp³-hybridized carbons (Fsp3) is 0.0500. The highest BCUT2D eigenvalue weighted by Gasteiger charge is 2.13. The summed E-state index contributed by atoms with van der Waals surface area (Å²) < 4.78 is 6.87. The molecule has 0 aliphatic carbocycles. The number of hydrazone groups is 1. The van der Waals surface area contributed by atoms with Crippen LogP contribution in [0.15, 0.2) is 64.1 Å². The van der Waals surface area contributed by atoms with Gasteiger partial charge in [-0.2, -0.15) is 5.10 Å². The number of thiazole rings is 1. The zero-order valence-electron chi connectivity index (χ0n) is 14.3. The molecule has 4 aromatic rings. The molecule has 4 rings (SSSR count). The molecule has 0 saturated heterocycles. The maximum Gasteiger partial charge on any atom is 0.335 e. The molecule has 27 heavy (non-hydrogen) atoms. The largest absolute Gasteiger partial charge is 0.478 e. The average Bonchev–Trinajstić information content (AvgIpc) is 3.28. The van der Waals surface area contributed by atoms with Crippen LogP contribution in [-0.4, -0.2) is 22.3 Å². The molecule has 0 spiro atoms. The number of anilines is 1. The molecule has 7 heteroatoms. The molecule has 2 aromatic carbocycles. The first kappa shape index (κ1) is 17.0. The molecule has 2 N–H and O–H groups in total. The van der Waals surface area contributed by atoms with Crippen molar-refractivity contribution in [3.63, 3.8) is 0 Å². The van der Waals surface area contributed by atoms with Gasteiger partial charge in [0.15, 0.2) is 0 Å². The Morgan fingerprint density at radius 3 is 2.85 bits per heavy atom. The van der Waals surface area contributed by atoms with E-state index in [9.17, 15) is 9.90 Å². The molecule has 0 bridgehead atoms. The Morgan fingerprint density at radius 2 is 2.04 bits per heavy atom. The number of carboxylic acids is 1. The fourth-order valence-corrected chi connectivity index (χ4v) is 3.59. The Kier molecular flexibility index (Phi) is 4.43. The van der Waals surface area contributed by atoms with E-state index in [1.54, 1.807) is 37.4 Å². The van der Waals surface area contributed by atoms with Crippen LogP contribution in [0.5, 0.6) is 0 Å². The Morgan fingerprint density at radius 1 is 1.19 bits per heavy atom. The van der Waals surface area contributed by atoms with E-state index >= 15 is 0 Å². The van der Waals surface area contributed by atoms with Crippen molar-refractivity contribution in [1.29, 1.82) is 0 Å². The second kappa shape index (κ2) is 7.05. The number of carboxylic acid groups (broad SMARTS) is 1. The standard InChI is InChI=1S/C20H15N3O3S/c1-12-14(5-4-6-15(12)19(24)25)17-10-9-13(26-17)11-21-23-20-22-16-7-2-3-8-18(16)27-20/h2-11H,1H3,(H,22,23)(H,24,25)/b21-11+. The Hall–Kier alpha value is -3.45. The first-order chi connectivity index (χ1) is 13.1. The van der Waals surface area contributed by atoms with Crippen LogP contribution in [0.3, 0.4) is 0 Å². The number of furan rings is 1. The van der Waals surface area contributed by atoms with E-state index in [2.05, 4.69) is 15.5 Å². The lowest BCUT2D eigenvalue weighted by Gasteiger charge is -2.05. The van der Waals surface area contributed by atoms with E-state index in [4.69, 9.17) is 4.42 Å². The first-order valence-electron chi connectivity index (χ1n) is 8.19. The number of aromatic carboxylic acids is 1. The van der Waals surface area contributed by atoms with Gasteiger partial charge in [-0.1, -0.05) is 35.6 Å². The van der Waals surface area contributed by atoms with Crippen LogP contribution in [-0.2, 0) is 0 Å². The molecule has 0 fully saturated rings. The summed E-state index contributed by atoms with van der Waals surface area (Å²) in [4.78, 5) is 15.7. The summed E-state index contributed by atoms with van der Waals surface area (Å²) in [6, 6.07) is 16.6. The lowest BCUT2D eigenvalue weighted by Crippen LogP contribution is -2.00. The molecule has 0 aliphatic rings. The molecule has 0 saturated carbocycles. The number of hydrogen-bond donors (Lipinski definition) is 2. The second-order valence-electron chi connectivity index (χ2n) is 5.84. The third-order valence-electron chi connectivity index (χ3n) is 4.10. The van der Waals surface area contributed by atoms with Crippen molar-refractivity contribution in [1.82, 2.24) is 4.98 Å². The molecular formula is C20H15N3O3S. The van der Waals surface area contributed by atoms with Crippen molar-refractivity contribution in [2.45, 2.75) is 6.92 Å². The van der Waals surface area contributed by atoms with Crippen LogP contribution in [0.25, 0.3) is 21.5 Å². The number of nitrogens with zero attached hydrogens (tertiary/aromatic N) is 2. The topological polar surface area (TPSA) is 87.7 Å². The highest BCUT2D eigenvalue weighted by molar-refractivity contribution is 7.22. The first-order valence-corrected chi connectivity index (χ1v) is 9.01. The van der Waals surface area contributed by atoms with Crippen LogP contribution >= 0.6 is 11.3 Å². The van der Waals surface area contributed by atoms with Gasteiger partial charge in [-0.05, 0) is 42.8 Å². The summed E-state index contributed by atoms with van der Waals surface area (Å²) >= 11 is 1.52. The third kappa shape index (κ3) is 3.45. The van der Waals surface area contributed by atoms with Crippen LogP contribution in [0.2, 0.25) is 0 Å². The van der Waals surface area contributed by atoms with Crippen molar-refractivity contribution < 1.29 is 14.3 Å². The molecular weight excluding hydrogens is 362 g/mol. The minimum Gasteiger partial charge on any atom is -0.478 e. The normalized spacial score (nSPS) is 11.3. The summed E-state index contributed by atoms with van der Waals surface area (Å²) in [6.07, 6.45) is 1.56. The minimum atomic E-state index is -0.956. The predicted molar refractivity (Wildman–Crippen MR) is 107 cm³/mol. The van der Waals surface area contributed by atoms with Gasteiger partial charge in [-0.15, -0.1) is 0 Å². The minimum absolute atomic E-state index is 0.261. The molecule has 0 aliphatic heterocycles. The Labute approximate surface area is 158 Å². The number of para-hydroxylation sites is 1. The summed E-state index contributed by atoms with van der Waals surface area (Å²) in [5, 5.41) is 14.1. The highest BCUT2D eigenvalue weighted by atomic mass is 32.1. The zero-order valence-corrected chi connectivity index (χ0v) is 15.2. The Balaban J connectivity index is 1.52. The van der Waals surface area contributed by atoms with Gasteiger partial charge in [0.2, 0.25) is 5.13 Å². The number of benzene rings is 2. The van der Waals surface area contributed by atoms with E-state index in [1.807, 2.05) is 30.3 Å². The number of aromatic nitrogens is 1. The monoisotopic (exact) mass is 377 g/mol. The van der Waals surface area contributed by atoms with Crippen molar-refractivity contribution in [3.05, 3.63) is 71.5 Å². The van der Waals surface area contributed by atoms with E-state index in [0.717, 1.165) is 15.8 Å². The van der Waals surface area contributed by atoms with Gasteiger partial charge >= 0.3 is 5.97 Å². The van der Waals surface area contributed by atoms with Crippen molar-refractivity contribution >= 4 is 38.9 Å². The smallest absolute Gasteiger partial charge is 0.335 e. The van der Waals surface area contributed by atoms with Gasteiger partial charge in [0.25, 0.3) is 0 Å². The lowest BCUT2D eigenvalue weighted by molar-refractivity contribution is 0.0696. The quantitative estimate of drug-likeness (QED) is 0.377. The van der Waals surface area contributed by atoms with Crippen LogP contribution in [0, 0.1) is 6.92 Å². The number of nitrogens with one attached hydrogen (secondary N) is 1. The van der Waals surface area contributed by atoms with Crippen molar-refractivity contribution in [3.8, 4) is 11.3 Å². The van der Waals surface area contributed by atoms with E-state index in [-0.39, 0.29) is 5.56 Å². The predicted octanol–water partition coefficient (Wildman–Crippen LogP) is 5.01. The molecule has 134 valence electrons. The van der Waals surface area contributed by atoms with E-state index in [0.29, 0.717) is 22.2 Å².